The van der Waals surface area contributed by atoms with E-state index in [9.17, 15) is 9.59 Å². The molecule has 1 amide bonds. The summed E-state index contributed by atoms with van der Waals surface area (Å²) in [7, 11) is 0. The summed E-state index contributed by atoms with van der Waals surface area (Å²) in [6, 6.07) is 7.61. The maximum Gasteiger partial charge on any atom is 0.305 e. The first kappa shape index (κ1) is 15.3. The minimum Gasteiger partial charge on any atom is -0.481 e. The van der Waals surface area contributed by atoms with Crippen LogP contribution in [0.1, 0.15) is 50.0 Å². The molecule has 2 N–H and O–H groups in total. The normalized spacial score (nSPS) is 25.7. The Balaban J connectivity index is 1.66. The van der Waals surface area contributed by atoms with Crippen molar-refractivity contribution in [3.8, 4) is 0 Å². The number of carbonyl (C=O) groups excluding carboxylic acids is 1. The summed E-state index contributed by atoms with van der Waals surface area (Å²) in [6.07, 6.45) is 4.28. The fourth-order valence-corrected chi connectivity index (χ4v) is 3.92. The second kappa shape index (κ2) is 5.92. The highest BCUT2D eigenvalue weighted by molar-refractivity contribution is 6.31. The monoisotopic (exact) mass is 321 g/mol. The van der Waals surface area contributed by atoms with Gasteiger partial charge in [0, 0.05) is 10.9 Å². The van der Waals surface area contributed by atoms with E-state index in [-0.39, 0.29) is 24.2 Å². The molecule has 0 aliphatic heterocycles. The van der Waals surface area contributed by atoms with Crippen LogP contribution in [0.5, 0.6) is 0 Å². The molecule has 22 heavy (non-hydrogen) atoms. The molecule has 2 aliphatic rings. The van der Waals surface area contributed by atoms with Gasteiger partial charge in [-0.3, -0.25) is 9.59 Å². The molecule has 2 unspecified atom stereocenters. The average molecular weight is 322 g/mol. The van der Waals surface area contributed by atoms with Crippen molar-refractivity contribution in [3.05, 3.63) is 34.9 Å². The Morgan fingerprint density at radius 3 is 2.59 bits per heavy atom. The van der Waals surface area contributed by atoms with E-state index in [4.69, 9.17) is 16.7 Å². The Hall–Kier alpha value is -1.55. The van der Waals surface area contributed by atoms with Gasteiger partial charge in [0.25, 0.3) is 0 Å². The zero-order valence-electron chi connectivity index (χ0n) is 12.3. The SMILES string of the molecule is O=C(O)CC1(NC(=O)C2CC2c2ccccc2Cl)CCCC1. The smallest absolute Gasteiger partial charge is 0.305 e. The fourth-order valence-electron chi connectivity index (χ4n) is 3.65. The van der Waals surface area contributed by atoms with Crippen LogP contribution in [0.3, 0.4) is 0 Å². The van der Waals surface area contributed by atoms with Crippen molar-refractivity contribution in [2.45, 2.75) is 50.0 Å². The minimum absolute atomic E-state index is 0.0161. The van der Waals surface area contributed by atoms with Crippen LogP contribution < -0.4 is 5.32 Å². The number of rotatable bonds is 5. The highest BCUT2D eigenvalue weighted by Crippen LogP contribution is 2.50. The second-order valence-electron chi connectivity index (χ2n) is 6.52. The van der Waals surface area contributed by atoms with Crippen LogP contribution in [-0.4, -0.2) is 22.5 Å². The molecule has 118 valence electrons. The van der Waals surface area contributed by atoms with Crippen LogP contribution in [0, 0.1) is 5.92 Å². The third-order valence-electron chi connectivity index (χ3n) is 4.87. The average Bonchev–Trinajstić information content (AvgIpc) is 3.13. The fraction of sp³-hybridized carbons (Fsp3) is 0.529. The Bertz CT molecular complexity index is 595. The number of carbonyl (C=O) groups is 2. The summed E-state index contributed by atoms with van der Waals surface area (Å²) in [5.74, 6) is -0.781. The molecule has 1 aromatic carbocycles. The quantitative estimate of drug-likeness (QED) is 0.874. The van der Waals surface area contributed by atoms with E-state index >= 15 is 0 Å². The first-order valence-corrected chi connectivity index (χ1v) is 8.17. The van der Waals surface area contributed by atoms with Crippen molar-refractivity contribution < 1.29 is 14.7 Å². The van der Waals surface area contributed by atoms with Gasteiger partial charge in [-0.1, -0.05) is 42.6 Å². The third-order valence-corrected chi connectivity index (χ3v) is 5.21. The number of nitrogens with one attached hydrogen (secondary N) is 1. The first-order valence-electron chi connectivity index (χ1n) is 7.79. The predicted octanol–water partition coefficient (Wildman–Crippen LogP) is 3.35. The molecule has 1 aromatic rings. The zero-order valence-corrected chi connectivity index (χ0v) is 13.1. The standard InChI is InChI=1S/C17H20ClNO3/c18-14-6-2-1-5-11(14)12-9-13(12)16(22)19-17(10-15(20)21)7-3-4-8-17/h1-2,5-6,12-13H,3-4,7-10H2,(H,19,22)(H,20,21). The largest absolute Gasteiger partial charge is 0.481 e. The number of benzene rings is 1. The van der Waals surface area contributed by atoms with E-state index < -0.39 is 11.5 Å². The molecule has 2 aliphatic carbocycles. The molecule has 0 aromatic heterocycles. The van der Waals surface area contributed by atoms with Gasteiger partial charge in [0.05, 0.1) is 12.0 Å². The van der Waals surface area contributed by atoms with Gasteiger partial charge < -0.3 is 10.4 Å². The summed E-state index contributed by atoms with van der Waals surface area (Å²) in [5.41, 5.74) is 0.472. The van der Waals surface area contributed by atoms with Gasteiger partial charge >= 0.3 is 5.97 Å². The molecular weight excluding hydrogens is 302 g/mol. The Morgan fingerprint density at radius 1 is 1.27 bits per heavy atom. The molecule has 4 nitrogen and oxygen atoms in total. The van der Waals surface area contributed by atoms with Crippen molar-refractivity contribution >= 4 is 23.5 Å². The van der Waals surface area contributed by atoms with Crippen molar-refractivity contribution in [2.75, 3.05) is 0 Å². The van der Waals surface area contributed by atoms with Crippen LogP contribution in [0.25, 0.3) is 0 Å². The van der Waals surface area contributed by atoms with Gasteiger partial charge in [0.2, 0.25) is 5.91 Å². The molecule has 2 saturated carbocycles. The summed E-state index contributed by atoms with van der Waals surface area (Å²) >= 11 is 6.19. The van der Waals surface area contributed by atoms with E-state index in [1.54, 1.807) is 0 Å². The van der Waals surface area contributed by atoms with Crippen LogP contribution in [0.2, 0.25) is 5.02 Å². The van der Waals surface area contributed by atoms with Crippen LogP contribution in [0.4, 0.5) is 0 Å². The topological polar surface area (TPSA) is 66.4 Å². The third kappa shape index (κ3) is 3.12. The summed E-state index contributed by atoms with van der Waals surface area (Å²) in [4.78, 5) is 23.6. The number of aliphatic carboxylic acids is 1. The molecule has 0 saturated heterocycles. The number of hydrogen-bond acceptors (Lipinski definition) is 2. The van der Waals surface area contributed by atoms with E-state index in [1.165, 1.54) is 0 Å². The van der Waals surface area contributed by atoms with Gasteiger partial charge in [-0.25, -0.2) is 0 Å². The lowest BCUT2D eigenvalue weighted by atomic mass is 9.92. The number of amides is 1. The molecule has 2 fully saturated rings. The minimum atomic E-state index is -0.847. The number of carboxylic acid groups (broad SMARTS) is 1. The van der Waals surface area contributed by atoms with Crippen LogP contribution >= 0.6 is 11.6 Å². The van der Waals surface area contributed by atoms with E-state index in [0.29, 0.717) is 5.02 Å². The van der Waals surface area contributed by atoms with Gasteiger partial charge in [-0.2, -0.15) is 0 Å². The van der Waals surface area contributed by atoms with E-state index in [0.717, 1.165) is 37.7 Å². The van der Waals surface area contributed by atoms with E-state index in [2.05, 4.69) is 5.32 Å². The van der Waals surface area contributed by atoms with Crippen molar-refractivity contribution in [1.82, 2.24) is 5.32 Å². The summed E-state index contributed by atoms with van der Waals surface area (Å²) < 4.78 is 0. The zero-order chi connectivity index (χ0) is 15.7. The molecule has 0 radical (unpaired) electrons. The number of halogens is 1. The predicted molar refractivity (Wildman–Crippen MR) is 83.9 cm³/mol. The van der Waals surface area contributed by atoms with Crippen molar-refractivity contribution in [1.29, 1.82) is 0 Å². The second-order valence-corrected chi connectivity index (χ2v) is 6.92. The summed E-state index contributed by atoms with van der Waals surface area (Å²) in [5, 5.41) is 12.8. The lowest BCUT2D eigenvalue weighted by Crippen LogP contribution is -2.48. The summed E-state index contributed by atoms with van der Waals surface area (Å²) in [6.45, 7) is 0. The number of carboxylic acids is 1. The van der Waals surface area contributed by atoms with Gasteiger partial charge in [-0.15, -0.1) is 0 Å². The molecule has 2 atom stereocenters. The number of hydrogen-bond donors (Lipinski definition) is 2. The van der Waals surface area contributed by atoms with Crippen molar-refractivity contribution in [2.24, 2.45) is 5.92 Å². The first-order chi connectivity index (χ1) is 10.5. The maximum absolute atomic E-state index is 12.5. The van der Waals surface area contributed by atoms with Crippen molar-refractivity contribution in [3.63, 3.8) is 0 Å². The van der Waals surface area contributed by atoms with Gasteiger partial charge in [-0.05, 0) is 36.8 Å². The van der Waals surface area contributed by atoms with E-state index in [1.807, 2.05) is 24.3 Å². The lowest BCUT2D eigenvalue weighted by Gasteiger charge is -2.28. The molecule has 0 bridgehead atoms. The van der Waals surface area contributed by atoms with Crippen LogP contribution in [-0.2, 0) is 9.59 Å². The molecule has 0 spiro atoms. The highest BCUT2D eigenvalue weighted by atomic mass is 35.5. The molecule has 5 heteroatoms. The lowest BCUT2D eigenvalue weighted by molar-refractivity contribution is -0.139. The van der Waals surface area contributed by atoms with Gasteiger partial charge in [0.1, 0.15) is 0 Å². The Morgan fingerprint density at radius 2 is 1.95 bits per heavy atom. The Labute approximate surface area is 134 Å². The Kier molecular flexibility index (Phi) is 4.13. The van der Waals surface area contributed by atoms with Gasteiger partial charge in [0.15, 0.2) is 0 Å². The maximum atomic E-state index is 12.5. The molecule has 0 heterocycles. The molecular formula is C17H20ClNO3. The molecule has 3 rings (SSSR count). The highest BCUT2D eigenvalue weighted by Gasteiger charge is 2.47. The van der Waals surface area contributed by atoms with Crippen LogP contribution in [0.15, 0.2) is 24.3 Å².